The van der Waals surface area contributed by atoms with Crippen molar-refractivity contribution in [2.24, 2.45) is 5.92 Å². The first kappa shape index (κ1) is 23.4. The smallest absolute Gasteiger partial charge is 0.242 e. The Morgan fingerprint density at radius 1 is 1.32 bits per heavy atom. The second-order valence-corrected chi connectivity index (χ2v) is 9.51. The molecule has 0 bridgehead atoms. The van der Waals surface area contributed by atoms with Crippen LogP contribution in [0.3, 0.4) is 0 Å². The zero-order chi connectivity index (χ0) is 22.4. The van der Waals surface area contributed by atoms with Gasteiger partial charge in [-0.2, -0.15) is 0 Å². The van der Waals surface area contributed by atoms with Crippen molar-refractivity contribution in [2.45, 2.75) is 32.7 Å². The standard InChI is InChI=1S/C24H29ClN2O3S/c1-4-11-26(23(28)14-17(2)3)15-24(29)27-12-9-22-20(10-13-31-22)21(27)16-30-19-7-5-18(25)6-8-19/h4-8,10,13,17,21H,1,9,11-12,14-16H2,2-3H3. The minimum Gasteiger partial charge on any atom is -0.491 e. The normalized spacial score (nSPS) is 15.5. The lowest BCUT2D eigenvalue weighted by atomic mass is 10.0. The summed E-state index contributed by atoms with van der Waals surface area (Å²) < 4.78 is 6.02. The lowest BCUT2D eigenvalue weighted by Gasteiger charge is -2.37. The van der Waals surface area contributed by atoms with Crippen molar-refractivity contribution in [1.82, 2.24) is 9.80 Å². The van der Waals surface area contributed by atoms with E-state index in [9.17, 15) is 9.59 Å². The average Bonchev–Trinajstić information content (AvgIpc) is 3.21. The third kappa shape index (κ3) is 6.11. The highest BCUT2D eigenvalue weighted by Crippen LogP contribution is 2.34. The SMILES string of the molecule is C=CCN(CC(=O)N1CCc2sccc2C1COc1ccc(Cl)cc1)C(=O)CC(C)C. The maximum Gasteiger partial charge on any atom is 0.242 e. The van der Waals surface area contributed by atoms with Crippen molar-refractivity contribution in [3.8, 4) is 5.75 Å². The van der Waals surface area contributed by atoms with Crippen LogP contribution in [0.5, 0.6) is 5.75 Å². The predicted octanol–water partition coefficient (Wildman–Crippen LogP) is 4.97. The number of halogens is 1. The maximum atomic E-state index is 13.3. The molecule has 1 aromatic heterocycles. The number of thiophene rings is 1. The second-order valence-electron chi connectivity index (χ2n) is 8.08. The molecule has 2 aromatic rings. The summed E-state index contributed by atoms with van der Waals surface area (Å²) >= 11 is 7.67. The van der Waals surface area contributed by atoms with E-state index in [-0.39, 0.29) is 30.3 Å². The molecule has 1 aliphatic rings. The Balaban J connectivity index is 1.75. The Bertz CT molecular complexity index is 910. The number of benzene rings is 1. The zero-order valence-electron chi connectivity index (χ0n) is 18.1. The first-order valence-electron chi connectivity index (χ1n) is 10.5. The molecule has 1 atom stereocenters. The molecular formula is C24H29ClN2O3S. The first-order chi connectivity index (χ1) is 14.9. The minimum atomic E-state index is -0.191. The highest BCUT2D eigenvalue weighted by molar-refractivity contribution is 7.10. The second kappa shape index (κ2) is 10.8. The van der Waals surface area contributed by atoms with Gasteiger partial charge in [0.05, 0.1) is 6.04 Å². The van der Waals surface area contributed by atoms with E-state index in [1.165, 1.54) is 4.88 Å². The summed E-state index contributed by atoms with van der Waals surface area (Å²) in [4.78, 5) is 30.6. The number of carbonyl (C=O) groups is 2. The van der Waals surface area contributed by atoms with E-state index in [4.69, 9.17) is 16.3 Å². The topological polar surface area (TPSA) is 49.9 Å². The Kier molecular flexibility index (Phi) is 8.15. The van der Waals surface area contributed by atoms with Crippen LogP contribution >= 0.6 is 22.9 Å². The van der Waals surface area contributed by atoms with Crippen molar-refractivity contribution < 1.29 is 14.3 Å². The van der Waals surface area contributed by atoms with Gasteiger partial charge < -0.3 is 14.5 Å². The fourth-order valence-corrected chi connectivity index (χ4v) is 4.78. The molecule has 0 saturated carbocycles. The molecule has 0 saturated heterocycles. The number of ether oxygens (including phenoxy) is 1. The van der Waals surface area contributed by atoms with Crippen molar-refractivity contribution in [3.05, 3.63) is 63.8 Å². The number of hydrogen-bond donors (Lipinski definition) is 0. The lowest BCUT2D eigenvalue weighted by Crippen LogP contribution is -2.48. The molecule has 31 heavy (non-hydrogen) atoms. The van der Waals surface area contributed by atoms with Gasteiger partial charge in [0.1, 0.15) is 18.9 Å². The molecule has 3 rings (SSSR count). The Morgan fingerprint density at radius 2 is 2.06 bits per heavy atom. The largest absolute Gasteiger partial charge is 0.491 e. The summed E-state index contributed by atoms with van der Waals surface area (Å²) in [5, 5.41) is 2.71. The molecule has 166 valence electrons. The Morgan fingerprint density at radius 3 is 2.74 bits per heavy atom. The van der Waals surface area contributed by atoms with E-state index in [1.54, 1.807) is 34.4 Å². The van der Waals surface area contributed by atoms with Crippen LogP contribution in [-0.4, -0.2) is 47.9 Å². The summed E-state index contributed by atoms with van der Waals surface area (Å²) in [7, 11) is 0. The van der Waals surface area contributed by atoms with Gasteiger partial charge in [-0.25, -0.2) is 0 Å². The Labute approximate surface area is 193 Å². The molecular weight excluding hydrogens is 432 g/mol. The van der Waals surface area contributed by atoms with Crippen LogP contribution in [-0.2, 0) is 16.0 Å². The van der Waals surface area contributed by atoms with E-state index in [0.717, 1.165) is 12.0 Å². The van der Waals surface area contributed by atoms with Crippen molar-refractivity contribution in [1.29, 1.82) is 0 Å². The van der Waals surface area contributed by atoms with Gasteiger partial charge in [0.25, 0.3) is 0 Å². The molecule has 0 fully saturated rings. The third-order valence-corrected chi connectivity index (χ3v) is 6.50. The van der Waals surface area contributed by atoms with Crippen LogP contribution in [0, 0.1) is 5.92 Å². The quantitative estimate of drug-likeness (QED) is 0.496. The monoisotopic (exact) mass is 460 g/mol. The molecule has 1 aromatic carbocycles. The molecule has 1 unspecified atom stereocenters. The zero-order valence-corrected chi connectivity index (χ0v) is 19.6. The number of rotatable bonds is 9. The molecule has 0 aliphatic carbocycles. The van der Waals surface area contributed by atoms with Crippen LogP contribution in [0.4, 0.5) is 0 Å². The first-order valence-corrected chi connectivity index (χ1v) is 11.8. The van der Waals surface area contributed by atoms with E-state index < -0.39 is 0 Å². The van der Waals surface area contributed by atoms with Crippen LogP contribution in [0.25, 0.3) is 0 Å². The number of fused-ring (bicyclic) bond motifs is 1. The van der Waals surface area contributed by atoms with Gasteiger partial charge >= 0.3 is 0 Å². The third-order valence-electron chi connectivity index (χ3n) is 5.25. The summed E-state index contributed by atoms with van der Waals surface area (Å²) in [6.45, 7) is 9.11. The average molecular weight is 461 g/mol. The van der Waals surface area contributed by atoms with Crippen molar-refractivity contribution in [2.75, 3.05) is 26.2 Å². The van der Waals surface area contributed by atoms with Gasteiger partial charge in [0.15, 0.2) is 0 Å². The van der Waals surface area contributed by atoms with Crippen LogP contribution in [0.15, 0.2) is 48.4 Å². The number of carbonyl (C=O) groups excluding carboxylic acids is 2. The van der Waals surface area contributed by atoms with Gasteiger partial charge in [0.2, 0.25) is 11.8 Å². The van der Waals surface area contributed by atoms with Gasteiger partial charge in [-0.3, -0.25) is 9.59 Å². The van der Waals surface area contributed by atoms with Crippen LogP contribution in [0.2, 0.25) is 5.02 Å². The van der Waals surface area contributed by atoms with E-state index in [2.05, 4.69) is 18.0 Å². The van der Waals surface area contributed by atoms with E-state index >= 15 is 0 Å². The summed E-state index contributed by atoms with van der Waals surface area (Å²) in [6.07, 6.45) is 2.90. The summed E-state index contributed by atoms with van der Waals surface area (Å²) in [5.41, 5.74) is 1.13. The van der Waals surface area contributed by atoms with E-state index in [0.29, 0.717) is 36.9 Å². The number of amides is 2. The molecule has 2 amide bonds. The van der Waals surface area contributed by atoms with Crippen molar-refractivity contribution in [3.63, 3.8) is 0 Å². The van der Waals surface area contributed by atoms with Gasteiger partial charge in [-0.1, -0.05) is 31.5 Å². The molecule has 1 aliphatic heterocycles. The van der Waals surface area contributed by atoms with Crippen LogP contribution < -0.4 is 4.74 Å². The Hall–Kier alpha value is -2.31. The van der Waals surface area contributed by atoms with Gasteiger partial charge in [-0.05, 0) is 53.6 Å². The summed E-state index contributed by atoms with van der Waals surface area (Å²) in [6, 6.07) is 9.09. The van der Waals surface area contributed by atoms with Crippen LogP contribution in [0.1, 0.15) is 36.8 Å². The molecule has 7 heteroatoms. The molecule has 2 heterocycles. The number of hydrogen-bond acceptors (Lipinski definition) is 4. The molecule has 0 N–H and O–H groups in total. The highest BCUT2D eigenvalue weighted by Gasteiger charge is 2.33. The van der Waals surface area contributed by atoms with Gasteiger partial charge in [0, 0.05) is 29.4 Å². The highest BCUT2D eigenvalue weighted by atomic mass is 35.5. The van der Waals surface area contributed by atoms with E-state index in [1.807, 2.05) is 30.9 Å². The molecule has 0 radical (unpaired) electrons. The maximum absolute atomic E-state index is 13.3. The van der Waals surface area contributed by atoms with Crippen molar-refractivity contribution >= 4 is 34.8 Å². The molecule has 0 spiro atoms. The fraction of sp³-hybridized carbons (Fsp3) is 0.417. The fourth-order valence-electron chi connectivity index (χ4n) is 3.72. The number of nitrogens with zero attached hydrogens (tertiary/aromatic N) is 2. The lowest BCUT2D eigenvalue weighted by molar-refractivity contribution is -0.142. The summed E-state index contributed by atoms with van der Waals surface area (Å²) in [5.74, 6) is 0.851. The van der Waals surface area contributed by atoms with Gasteiger partial charge in [-0.15, -0.1) is 17.9 Å². The predicted molar refractivity (Wildman–Crippen MR) is 126 cm³/mol. The molecule has 5 nitrogen and oxygen atoms in total. The minimum absolute atomic E-state index is 0.0227.